The Balaban J connectivity index is 1.28. The number of anilines is 1. The number of aromatic nitrogens is 1. The summed E-state index contributed by atoms with van der Waals surface area (Å²) in [7, 11) is 0. The first-order chi connectivity index (χ1) is 16.1. The molecule has 2 N–H and O–H groups in total. The molecule has 6 nitrogen and oxygen atoms in total. The summed E-state index contributed by atoms with van der Waals surface area (Å²) in [5, 5.41) is 15.6. The SMILES string of the molecule is N#Cc1ccc(-c2ncc(CNC(=O)c3ccc4c(c3)NC(=O)c3ccccc3S4)s2)cc1. The van der Waals surface area contributed by atoms with Gasteiger partial charge in [-0.2, -0.15) is 5.26 Å². The van der Waals surface area contributed by atoms with Gasteiger partial charge in [-0.25, -0.2) is 4.98 Å². The van der Waals surface area contributed by atoms with Crippen LogP contribution in [0.4, 0.5) is 5.69 Å². The van der Waals surface area contributed by atoms with Gasteiger partial charge >= 0.3 is 0 Å². The Hall–Kier alpha value is -3.93. The lowest BCUT2D eigenvalue weighted by Gasteiger charge is -2.09. The van der Waals surface area contributed by atoms with E-state index in [0.29, 0.717) is 28.9 Å². The van der Waals surface area contributed by atoms with Crippen LogP contribution in [-0.2, 0) is 6.54 Å². The van der Waals surface area contributed by atoms with Gasteiger partial charge in [0, 0.05) is 32.0 Å². The zero-order valence-electron chi connectivity index (χ0n) is 17.2. The summed E-state index contributed by atoms with van der Waals surface area (Å²) in [5.74, 6) is -0.415. The van der Waals surface area contributed by atoms with Crippen LogP contribution in [0.3, 0.4) is 0 Å². The molecule has 0 spiro atoms. The van der Waals surface area contributed by atoms with E-state index >= 15 is 0 Å². The van der Waals surface area contributed by atoms with Crippen molar-refractivity contribution >= 4 is 40.6 Å². The first kappa shape index (κ1) is 20.9. The van der Waals surface area contributed by atoms with Gasteiger partial charge in [-0.3, -0.25) is 9.59 Å². The van der Waals surface area contributed by atoms with Gasteiger partial charge in [-0.1, -0.05) is 36.0 Å². The molecule has 8 heteroatoms. The van der Waals surface area contributed by atoms with Crippen LogP contribution in [0.25, 0.3) is 10.6 Å². The Morgan fingerprint density at radius 2 is 1.88 bits per heavy atom. The highest BCUT2D eigenvalue weighted by atomic mass is 32.2. The monoisotopic (exact) mass is 468 g/mol. The van der Waals surface area contributed by atoms with E-state index in [1.54, 1.807) is 36.5 Å². The fraction of sp³-hybridized carbons (Fsp3) is 0.0400. The molecule has 0 unspecified atom stereocenters. The van der Waals surface area contributed by atoms with Gasteiger partial charge in [-0.15, -0.1) is 11.3 Å². The highest BCUT2D eigenvalue weighted by Crippen LogP contribution is 2.39. The molecule has 3 aromatic carbocycles. The van der Waals surface area contributed by atoms with Gasteiger partial charge in [0.25, 0.3) is 11.8 Å². The van der Waals surface area contributed by atoms with E-state index in [1.165, 1.54) is 23.1 Å². The summed E-state index contributed by atoms with van der Waals surface area (Å²) >= 11 is 2.99. The maximum Gasteiger partial charge on any atom is 0.256 e. The Kier molecular flexibility index (Phi) is 5.65. The third-order valence-electron chi connectivity index (χ3n) is 5.08. The molecule has 5 rings (SSSR count). The van der Waals surface area contributed by atoms with Crippen LogP contribution in [-0.4, -0.2) is 16.8 Å². The summed E-state index contributed by atoms with van der Waals surface area (Å²) < 4.78 is 0. The minimum absolute atomic E-state index is 0.186. The molecule has 33 heavy (non-hydrogen) atoms. The maximum absolute atomic E-state index is 12.8. The Bertz CT molecular complexity index is 1420. The van der Waals surface area contributed by atoms with Crippen LogP contribution in [0.2, 0.25) is 0 Å². The highest BCUT2D eigenvalue weighted by Gasteiger charge is 2.20. The van der Waals surface area contributed by atoms with Crippen LogP contribution in [0.5, 0.6) is 0 Å². The minimum atomic E-state index is -0.230. The lowest BCUT2D eigenvalue weighted by molar-refractivity contribution is 0.0949. The Morgan fingerprint density at radius 1 is 1.06 bits per heavy atom. The number of benzene rings is 3. The number of hydrogen-bond donors (Lipinski definition) is 2. The molecule has 2 amide bonds. The zero-order chi connectivity index (χ0) is 22.8. The summed E-state index contributed by atoms with van der Waals surface area (Å²) in [6.07, 6.45) is 1.74. The van der Waals surface area contributed by atoms with Crippen molar-refractivity contribution in [3.05, 3.63) is 94.5 Å². The fourth-order valence-electron chi connectivity index (χ4n) is 3.39. The Labute approximate surface area is 198 Å². The number of nitrogens with zero attached hydrogens (tertiary/aromatic N) is 2. The lowest BCUT2D eigenvalue weighted by atomic mass is 10.1. The third kappa shape index (κ3) is 4.37. The van der Waals surface area contributed by atoms with E-state index in [-0.39, 0.29) is 11.8 Å². The van der Waals surface area contributed by atoms with Crippen molar-refractivity contribution in [3.8, 4) is 16.6 Å². The van der Waals surface area contributed by atoms with Crippen molar-refractivity contribution in [1.29, 1.82) is 5.26 Å². The number of hydrogen-bond acceptors (Lipinski definition) is 6. The second-order valence-corrected chi connectivity index (χ2v) is 9.47. The smallest absolute Gasteiger partial charge is 0.256 e. The molecule has 1 aromatic heterocycles. The predicted octanol–water partition coefficient (Wildman–Crippen LogP) is 5.33. The normalized spacial score (nSPS) is 12.0. The minimum Gasteiger partial charge on any atom is -0.347 e. The average Bonchev–Trinajstić information content (AvgIpc) is 3.27. The molecule has 0 radical (unpaired) electrons. The molecule has 0 fully saturated rings. The number of carbonyl (C=O) groups excluding carboxylic acids is 2. The fourth-order valence-corrected chi connectivity index (χ4v) is 5.26. The number of nitriles is 1. The average molecular weight is 469 g/mol. The van der Waals surface area contributed by atoms with Gasteiger partial charge in [0.1, 0.15) is 5.01 Å². The molecule has 1 aliphatic rings. The summed E-state index contributed by atoms with van der Waals surface area (Å²) in [5.41, 5.74) is 3.23. The number of thiazole rings is 1. The van der Waals surface area contributed by atoms with E-state index < -0.39 is 0 Å². The van der Waals surface area contributed by atoms with E-state index in [4.69, 9.17) is 5.26 Å². The van der Waals surface area contributed by atoms with Crippen LogP contribution < -0.4 is 10.6 Å². The topological polar surface area (TPSA) is 94.9 Å². The van der Waals surface area contributed by atoms with Crippen molar-refractivity contribution in [1.82, 2.24) is 10.3 Å². The first-order valence-electron chi connectivity index (χ1n) is 10.1. The number of carbonyl (C=O) groups is 2. The first-order valence-corrected chi connectivity index (χ1v) is 11.7. The van der Waals surface area contributed by atoms with Gasteiger partial charge in [0.2, 0.25) is 0 Å². The van der Waals surface area contributed by atoms with Crippen LogP contribution >= 0.6 is 23.1 Å². The summed E-state index contributed by atoms with van der Waals surface area (Å²) in [4.78, 5) is 32.4. The Morgan fingerprint density at radius 3 is 2.70 bits per heavy atom. The van der Waals surface area contributed by atoms with Gasteiger partial charge in [-0.05, 0) is 42.5 Å². The van der Waals surface area contributed by atoms with Crippen molar-refractivity contribution in [2.45, 2.75) is 16.3 Å². The third-order valence-corrected chi connectivity index (χ3v) is 7.28. The second kappa shape index (κ2) is 8.90. The van der Waals surface area contributed by atoms with Crippen LogP contribution in [0.1, 0.15) is 31.2 Å². The predicted molar refractivity (Wildman–Crippen MR) is 128 cm³/mol. The maximum atomic E-state index is 12.8. The molecule has 160 valence electrons. The van der Waals surface area contributed by atoms with Gasteiger partial charge in [0.15, 0.2) is 0 Å². The van der Waals surface area contributed by atoms with Crippen molar-refractivity contribution in [2.24, 2.45) is 0 Å². The molecule has 0 aliphatic carbocycles. The van der Waals surface area contributed by atoms with Crippen molar-refractivity contribution < 1.29 is 9.59 Å². The molecule has 0 saturated carbocycles. The van der Waals surface area contributed by atoms with Crippen LogP contribution in [0, 0.1) is 11.3 Å². The molecule has 0 bridgehead atoms. The number of rotatable bonds is 4. The van der Waals surface area contributed by atoms with E-state index in [1.807, 2.05) is 36.4 Å². The van der Waals surface area contributed by atoms with Crippen LogP contribution in [0.15, 0.2) is 82.7 Å². The summed E-state index contributed by atoms with van der Waals surface area (Å²) in [6.45, 7) is 0.344. The van der Waals surface area contributed by atoms with Gasteiger partial charge in [0.05, 0.1) is 29.4 Å². The molecule has 1 aliphatic heterocycles. The molecule has 2 heterocycles. The quantitative estimate of drug-likeness (QED) is 0.422. The van der Waals surface area contributed by atoms with Crippen molar-refractivity contribution in [2.75, 3.05) is 5.32 Å². The number of amides is 2. The number of nitrogens with one attached hydrogen (secondary N) is 2. The lowest BCUT2D eigenvalue weighted by Crippen LogP contribution is -2.22. The summed E-state index contributed by atoms with van der Waals surface area (Å²) in [6, 6.07) is 22.1. The molecule has 4 aromatic rings. The molecular formula is C25H16N4O2S2. The largest absolute Gasteiger partial charge is 0.347 e. The molecule has 0 atom stereocenters. The zero-order valence-corrected chi connectivity index (χ0v) is 18.8. The highest BCUT2D eigenvalue weighted by molar-refractivity contribution is 7.99. The van der Waals surface area contributed by atoms with E-state index in [2.05, 4.69) is 21.7 Å². The van der Waals surface area contributed by atoms with Gasteiger partial charge < -0.3 is 10.6 Å². The van der Waals surface area contributed by atoms with E-state index in [9.17, 15) is 9.59 Å². The number of fused-ring (bicyclic) bond motifs is 2. The second-order valence-electron chi connectivity index (χ2n) is 7.27. The molecular weight excluding hydrogens is 452 g/mol. The van der Waals surface area contributed by atoms with Crippen molar-refractivity contribution in [3.63, 3.8) is 0 Å². The van der Waals surface area contributed by atoms with E-state index in [0.717, 1.165) is 25.2 Å². The standard InChI is InChI=1S/C25H16N4O2S2/c26-12-15-5-7-16(8-6-15)25-28-14-18(32-25)13-27-23(30)17-9-10-22-20(11-17)29-24(31)19-3-1-2-4-21(19)33-22/h1-11,14H,13H2,(H,27,30)(H,29,31). The molecule has 0 saturated heterocycles.